The van der Waals surface area contributed by atoms with Crippen molar-refractivity contribution >= 4 is 0 Å². The Kier molecular flexibility index (Phi) is 8.62. The standard InChI is InChI=1S/C60H40N2O/c1-5-17-41(18-6-1)43-33-35-61-57(37-43)59(45-21-9-3-10-22-45)53-27-15-13-25-49(53)51-31-29-47(39-55(51)59)63-48-30-32-52-50-26-14-16-28-54(50)60(56(52)40-48,46-23-11-4-12-24-46)58-38-44(34-36-62-58)42-19-7-2-8-20-42/h1-40H. The number of rotatable bonds is 8. The van der Waals surface area contributed by atoms with E-state index in [0.717, 1.165) is 67.4 Å². The van der Waals surface area contributed by atoms with Crippen LogP contribution in [0.15, 0.2) is 243 Å². The summed E-state index contributed by atoms with van der Waals surface area (Å²) in [6, 6.07) is 82.2. The Morgan fingerprint density at radius 3 is 1.08 bits per heavy atom. The molecule has 2 atom stereocenters. The third-order valence-electron chi connectivity index (χ3n) is 13.2. The Labute approximate surface area is 367 Å². The van der Waals surface area contributed by atoms with Crippen molar-refractivity contribution < 1.29 is 4.74 Å². The van der Waals surface area contributed by atoms with E-state index >= 15 is 0 Å². The van der Waals surface area contributed by atoms with Crippen LogP contribution < -0.4 is 4.74 Å². The summed E-state index contributed by atoms with van der Waals surface area (Å²) in [7, 11) is 0. The molecule has 0 N–H and O–H groups in total. The van der Waals surface area contributed by atoms with E-state index in [1.807, 2.05) is 12.4 Å². The van der Waals surface area contributed by atoms with Crippen molar-refractivity contribution in [2.24, 2.45) is 0 Å². The van der Waals surface area contributed by atoms with Gasteiger partial charge in [0.25, 0.3) is 0 Å². The molecule has 12 rings (SSSR count). The molecule has 2 aromatic heterocycles. The summed E-state index contributed by atoms with van der Waals surface area (Å²) in [4.78, 5) is 10.4. The van der Waals surface area contributed by atoms with Gasteiger partial charge in [-0.05, 0) is 126 Å². The first-order chi connectivity index (χ1) is 31.2. The number of fused-ring (bicyclic) bond motifs is 6. The van der Waals surface area contributed by atoms with Crippen LogP contribution in [0.2, 0.25) is 0 Å². The molecule has 0 spiro atoms. The van der Waals surface area contributed by atoms with Crippen molar-refractivity contribution in [3.05, 3.63) is 288 Å². The van der Waals surface area contributed by atoms with Crippen LogP contribution in [0.25, 0.3) is 44.5 Å². The van der Waals surface area contributed by atoms with Crippen molar-refractivity contribution in [1.29, 1.82) is 0 Å². The van der Waals surface area contributed by atoms with Crippen LogP contribution in [0, 0.1) is 0 Å². The topological polar surface area (TPSA) is 35.0 Å². The summed E-state index contributed by atoms with van der Waals surface area (Å²) in [5, 5.41) is 0. The van der Waals surface area contributed by atoms with Crippen LogP contribution in [0.5, 0.6) is 11.5 Å². The van der Waals surface area contributed by atoms with Gasteiger partial charge in [0.1, 0.15) is 11.5 Å². The molecular weight excluding hydrogens is 765 g/mol. The van der Waals surface area contributed by atoms with Gasteiger partial charge in [-0.25, -0.2) is 0 Å². The fraction of sp³-hybridized carbons (Fsp3) is 0.0333. The van der Waals surface area contributed by atoms with Gasteiger partial charge in [0.15, 0.2) is 0 Å². The minimum atomic E-state index is -0.700. The summed E-state index contributed by atoms with van der Waals surface area (Å²) in [6.07, 6.45) is 3.91. The van der Waals surface area contributed by atoms with Crippen molar-refractivity contribution in [2.45, 2.75) is 10.8 Å². The highest BCUT2D eigenvalue weighted by molar-refractivity contribution is 5.88. The van der Waals surface area contributed by atoms with Crippen LogP contribution >= 0.6 is 0 Å². The SMILES string of the molecule is c1ccc(-c2ccnc(C3(c4ccccc4)c4ccccc4-c4ccc(Oc5ccc6c(c5)C(c5ccccc5)(c5cc(-c7ccccc7)ccn5)c5ccccc5-6)cc43)c2)cc1. The monoisotopic (exact) mass is 804 g/mol. The number of hydrogen-bond donors (Lipinski definition) is 0. The van der Waals surface area contributed by atoms with Gasteiger partial charge in [0.2, 0.25) is 0 Å². The van der Waals surface area contributed by atoms with Crippen LogP contribution in [-0.2, 0) is 10.8 Å². The first-order valence-electron chi connectivity index (χ1n) is 21.5. The third-order valence-corrected chi connectivity index (χ3v) is 13.2. The van der Waals surface area contributed by atoms with Gasteiger partial charge in [-0.2, -0.15) is 0 Å². The van der Waals surface area contributed by atoms with E-state index in [-0.39, 0.29) is 0 Å². The predicted molar refractivity (Wildman–Crippen MR) is 254 cm³/mol. The molecule has 0 saturated carbocycles. The molecule has 63 heavy (non-hydrogen) atoms. The van der Waals surface area contributed by atoms with Gasteiger partial charge < -0.3 is 4.74 Å². The molecule has 2 heterocycles. The second-order valence-electron chi connectivity index (χ2n) is 16.4. The summed E-state index contributed by atoms with van der Waals surface area (Å²) in [5.74, 6) is 1.51. The largest absolute Gasteiger partial charge is 0.457 e. The van der Waals surface area contributed by atoms with Crippen molar-refractivity contribution in [1.82, 2.24) is 9.97 Å². The zero-order valence-electron chi connectivity index (χ0n) is 34.4. The molecule has 0 bridgehead atoms. The summed E-state index contributed by atoms with van der Waals surface area (Å²) >= 11 is 0. The lowest BCUT2D eigenvalue weighted by Crippen LogP contribution is -2.30. The average Bonchev–Trinajstić information content (AvgIpc) is 3.83. The molecule has 3 heteroatoms. The van der Waals surface area contributed by atoms with Gasteiger partial charge in [-0.3, -0.25) is 9.97 Å². The van der Waals surface area contributed by atoms with Gasteiger partial charge in [0, 0.05) is 12.4 Å². The Morgan fingerprint density at radius 1 is 0.286 bits per heavy atom. The predicted octanol–water partition coefficient (Wildman–Crippen LogP) is 14.3. The molecule has 0 fully saturated rings. The molecule has 2 aliphatic carbocycles. The third kappa shape index (κ3) is 5.67. The number of aromatic nitrogens is 2. The van der Waals surface area contributed by atoms with E-state index in [0.29, 0.717) is 0 Å². The maximum absolute atomic E-state index is 7.10. The van der Waals surface area contributed by atoms with E-state index in [4.69, 9.17) is 14.7 Å². The zero-order chi connectivity index (χ0) is 41.8. The van der Waals surface area contributed by atoms with Crippen LogP contribution in [-0.4, -0.2) is 9.97 Å². The molecule has 296 valence electrons. The number of pyridine rings is 2. The van der Waals surface area contributed by atoms with Crippen molar-refractivity contribution in [2.75, 3.05) is 0 Å². The highest BCUT2D eigenvalue weighted by Crippen LogP contribution is 2.59. The lowest BCUT2D eigenvalue weighted by molar-refractivity contribution is 0.480. The molecule has 0 aliphatic heterocycles. The van der Waals surface area contributed by atoms with E-state index in [1.54, 1.807) is 0 Å². The van der Waals surface area contributed by atoms with E-state index < -0.39 is 10.8 Å². The minimum Gasteiger partial charge on any atom is -0.457 e. The molecule has 2 aliphatic rings. The highest BCUT2D eigenvalue weighted by atomic mass is 16.5. The second kappa shape index (κ2) is 14.8. The van der Waals surface area contributed by atoms with E-state index in [9.17, 15) is 0 Å². The first-order valence-corrected chi connectivity index (χ1v) is 21.5. The fourth-order valence-electron chi connectivity index (χ4n) is 10.5. The molecular formula is C60H40N2O. The Balaban J connectivity index is 1.04. The van der Waals surface area contributed by atoms with Crippen molar-refractivity contribution in [3.8, 4) is 56.0 Å². The maximum atomic E-state index is 7.10. The van der Waals surface area contributed by atoms with E-state index in [2.05, 4.69) is 231 Å². The number of hydrogen-bond acceptors (Lipinski definition) is 3. The van der Waals surface area contributed by atoms with Crippen LogP contribution in [0.1, 0.15) is 44.8 Å². The molecule has 10 aromatic rings. The summed E-state index contributed by atoms with van der Waals surface area (Å²) < 4.78 is 7.10. The molecule has 0 radical (unpaired) electrons. The molecule has 3 nitrogen and oxygen atoms in total. The average molecular weight is 805 g/mol. The molecule has 0 saturated heterocycles. The molecule has 8 aromatic carbocycles. The van der Waals surface area contributed by atoms with Crippen molar-refractivity contribution in [3.63, 3.8) is 0 Å². The number of ether oxygens (including phenoxy) is 1. The minimum absolute atomic E-state index is 0.700. The lowest BCUT2D eigenvalue weighted by atomic mass is 9.69. The Bertz CT molecular complexity index is 3090. The number of benzene rings is 8. The Hall–Kier alpha value is -8.14. The first kappa shape index (κ1) is 36.7. The second-order valence-corrected chi connectivity index (χ2v) is 16.4. The summed E-state index contributed by atoms with van der Waals surface area (Å²) in [5.41, 5.74) is 16.8. The fourth-order valence-corrected chi connectivity index (χ4v) is 10.5. The Morgan fingerprint density at radius 2 is 0.651 bits per heavy atom. The zero-order valence-corrected chi connectivity index (χ0v) is 34.4. The molecule has 0 amide bonds. The molecule has 2 unspecified atom stereocenters. The smallest absolute Gasteiger partial charge is 0.127 e. The van der Waals surface area contributed by atoms with Gasteiger partial charge in [-0.1, -0.05) is 182 Å². The van der Waals surface area contributed by atoms with Crippen LogP contribution in [0.3, 0.4) is 0 Å². The quantitative estimate of drug-likeness (QED) is 0.153. The van der Waals surface area contributed by atoms with Gasteiger partial charge in [-0.15, -0.1) is 0 Å². The van der Waals surface area contributed by atoms with Gasteiger partial charge in [0.05, 0.1) is 22.2 Å². The van der Waals surface area contributed by atoms with Gasteiger partial charge >= 0.3 is 0 Å². The summed E-state index contributed by atoms with van der Waals surface area (Å²) in [6.45, 7) is 0. The normalized spacial score (nSPS) is 16.7. The van der Waals surface area contributed by atoms with E-state index in [1.165, 1.54) is 33.4 Å². The number of nitrogens with zero attached hydrogens (tertiary/aromatic N) is 2. The van der Waals surface area contributed by atoms with Crippen LogP contribution in [0.4, 0.5) is 0 Å². The lowest BCUT2D eigenvalue weighted by Gasteiger charge is -2.33. The maximum Gasteiger partial charge on any atom is 0.127 e. The highest BCUT2D eigenvalue weighted by Gasteiger charge is 2.49.